The van der Waals surface area contributed by atoms with E-state index in [4.69, 9.17) is 4.74 Å². The van der Waals surface area contributed by atoms with Gasteiger partial charge in [-0.05, 0) is 89.0 Å². The molecule has 0 spiro atoms. The second-order valence-electron chi connectivity index (χ2n) is 9.80. The first-order valence-corrected chi connectivity index (χ1v) is 13.7. The summed E-state index contributed by atoms with van der Waals surface area (Å²) in [7, 11) is 0. The zero-order valence-corrected chi connectivity index (χ0v) is 23.3. The minimum absolute atomic E-state index is 0.0384. The molecule has 1 saturated heterocycles. The predicted molar refractivity (Wildman–Crippen MR) is 153 cm³/mol. The zero-order chi connectivity index (χ0) is 28.0. The summed E-state index contributed by atoms with van der Waals surface area (Å²) in [6, 6.07) is 18.4. The lowest BCUT2D eigenvalue weighted by Crippen LogP contribution is -2.28. The summed E-state index contributed by atoms with van der Waals surface area (Å²) in [4.78, 5) is 37.5. The van der Waals surface area contributed by atoms with Crippen molar-refractivity contribution >= 4 is 11.9 Å². The van der Waals surface area contributed by atoms with Gasteiger partial charge in [-0.3, -0.25) is 14.4 Å². The third-order valence-corrected chi connectivity index (χ3v) is 6.43. The van der Waals surface area contributed by atoms with Crippen LogP contribution in [-0.2, 0) is 22.5 Å². The van der Waals surface area contributed by atoms with Gasteiger partial charge < -0.3 is 15.0 Å². The van der Waals surface area contributed by atoms with Gasteiger partial charge in [0.1, 0.15) is 0 Å². The number of amides is 1. The van der Waals surface area contributed by atoms with Gasteiger partial charge in [-0.25, -0.2) is 4.68 Å². The molecule has 2 aromatic carbocycles. The van der Waals surface area contributed by atoms with Gasteiger partial charge >= 0.3 is 5.97 Å². The number of hydrogen-bond donors (Lipinski definition) is 1. The third-order valence-electron chi connectivity index (χ3n) is 6.43. The molecule has 4 rings (SSSR count). The number of nitrogens with one attached hydrogen (secondary N) is 1. The fourth-order valence-electron chi connectivity index (χ4n) is 4.37. The van der Waals surface area contributed by atoms with E-state index in [1.807, 2.05) is 62.4 Å². The Morgan fingerprint density at radius 1 is 0.974 bits per heavy atom. The molecule has 0 radical (unpaired) electrons. The molecule has 8 nitrogen and oxygen atoms in total. The van der Waals surface area contributed by atoms with Crippen LogP contribution in [0.15, 0.2) is 65.5 Å². The zero-order valence-electron chi connectivity index (χ0n) is 23.3. The first-order valence-electron chi connectivity index (χ1n) is 13.7. The van der Waals surface area contributed by atoms with Crippen molar-refractivity contribution in [1.82, 2.24) is 20.0 Å². The van der Waals surface area contributed by atoms with Crippen LogP contribution in [-0.4, -0.2) is 59.3 Å². The highest BCUT2D eigenvalue weighted by Crippen LogP contribution is 2.09. The number of benzene rings is 2. The minimum Gasteiger partial charge on any atom is -0.466 e. The molecule has 0 atom stereocenters. The molecule has 0 bridgehead atoms. The van der Waals surface area contributed by atoms with Gasteiger partial charge in [0.25, 0.3) is 11.5 Å². The maximum absolute atomic E-state index is 11.8. The average molecular weight is 533 g/mol. The number of esters is 1. The molecular formula is C31H40N4O4. The van der Waals surface area contributed by atoms with Crippen molar-refractivity contribution in [3.63, 3.8) is 0 Å². The number of hydrogen-bond acceptors (Lipinski definition) is 6. The SMILES string of the molecule is CCOC(=O)Cc1cccc(Cn2nc(C)ccc2=O)c1.Cc1ccc(C(=O)NCCCN2CCCC2)cc1. The highest BCUT2D eigenvalue weighted by atomic mass is 16.5. The molecule has 1 aliphatic heterocycles. The lowest BCUT2D eigenvalue weighted by molar-refractivity contribution is -0.142. The standard InChI is InChI=1S/C16H18N2O3.C15H22N2O/c1-3-21-16(20)10-13-5-4-6-14(9-13)11-18-15(19)8-7-12(2)17-18;1-13-5-7-14(8-6-13)15(18)16-9-4-12-17-10-2-3-11-17/h4-9H,3,10-11H2,1-2H3;5-8H,2-4,9-12H2,1H3,(H,16,18). The van der Waals surface area contributed by atoms with Gasteiger partial charge in [-0.15, -0.1) is 0 Å². The van der Waals surface area contributed by atoms with Gasteiger partial charge in [-0.1, -0.05) is 42.0 Å². The van der Waals surface area contributed by atoms with E-state index >= 15 is 0 Å². The first kappa shape index (κ1) is 29.8. The summed E-state index contributed by atoms with van der Waals surface area (Å²) in [5.74, 6) is -0.211. The smallest absolute Gasteiger partial charge is 0.310 e. The molecule has 8 heteroatoms. The Labute approximate surface area is 231 Å². The van der Waals surface area contributed by atoms with Crippen molar-refractivity contribution in [2.24, 2.45) is 0 Å². The van der Waals surface area contributed by atoms with E-state index in [1.54, 1.807) is 13.0 Å². The number of carbonyl (C=O) groups excluding carboxylic acids is 2. The summed E-state index contributed by atoms with van der Waals surface area (Å²) in [5.41, 5.74) is 4.37. The van der Waals surface area contributed by atoms with Crippen LogP contribution >= 0.6 is 0 Å². The molecule has 39 heavy (non-hydrogen) atoms. The number of ether oxygens (including phenoxy) is 1. The topological polar surface area (TPSA) is 93.5 Å². The molecular weight excluding hydrogens is 492 g/mol. The third kappa shape index (κ3) is 10.5. The number of likely N-dealkylation sites (tertiary alicyclic amines) is 1. The summed E-state index contributed by atoms with van der Waals surface area (Å²) < 4.78 is 6.35. The fraction of sp³-hybridized carbons (Fsp3) is 0.419. The number of carbonyl (C=O) groups is 2. The minimum atomic E-state index is -0.250. The van der Waals surface area contributed by atoms with Crippen LogP contribution in [0.5, 0.6) is 0 Å². The Morgan fingerprint density at radius 2 is 1.69 bits per heavy atom. The average Bonchev–Trinajstić information content (AvgIpc) is 3.43. The fourth-order valence-corrected chi connectivity index (χ4v) is 4.37. The quantitative estimate of drug-likeness (QED) is 0.314. The van der Waals surface area contributed by atoms with Gasteiger partial charge in [0.05, 0.1) is 25.3 Å². The Kier molecular flexibility index (Phi) is 11.9. The Bertz CT molecular complexity index is 1260. The van der Waals surface area contributed by atoms with E-state index in [1.165, 1.54) is 42.2 Å². The molecule has 0 unspecified atom stereocenters. The molecule has 208 valence electrons. The van der Waals surface area contributed by atoms with Crippen LogP contribution < -0.4 is 10.9 Å². The van der Waals surface area contributed by atoms with Gasteiger partial charge in [-0.2, -0.15) is 5.10 Å². The molecule has 3 aromatic rings. The van der Waals surface area contributed by atoms with E-state index in [0.29, 0.717) is 13.2 Å². The maximum atomic E-state index is 11.8. The van der Waals surface area contributed by atoms with E-state index in [0.717, 1.165) is 41.9 Å². The first-order chi connectivity index (χ1) is 18.8. The van der Waals surface area contributed by atoms with Crippen LogP contribution in [0.25, 0.3) is 0 Å². The molecule has 1 amide bonds. The van der Waals surface area contributed by atoms with Crippen molar-refractivity contribution in [3.05, 3.63) is 99.0 Å². The lowest BCUT2D eigenvalue weighted by Gasteiger charge is -2.14. The summed E-state index contributed by atoms with van der Waals surface area (Å²) >= 11 is 0. The van der Waals surface area contributed by atoms with Crippen molar-refractivity contribution in [2.45, 2.75) is 53.0 Å². The number of aromatic nitrogens is 2. The van der Waals surface area contributed by atoms with Crippen LogP contribution in [0.2, 0.25) is 0 Å². The van der Waals surface area contributed by atoms with Crippen LogP contribution in [0.1, 0.15) is 58.9 Å². The normalized spacial score (nSPS) is 12.9. The van der Waals surface area contributed by atoms with Gasteiger partial charge in [0.15, 0.2) is 0 Å². The summed E-state index contributed by atoms with van der Waals surface area (Å²) in [6.45, 7) is 10.7. The van der Waals surface area contributed by atoms with Crippen molar-refractivity contribution < 1.29 is 14.3 Å². The van der Waals surface area contributed by atoms with Gasteiger partial charge in [0.2, 0.25) is 0 Å². The molecule has 0 aliphatic carbocycles. The van der Waals surface area contributed by atoms with E-state index in [-0.39, 0.29) is 23.9 Å². The Morgan fingerprint density at radius 3 is 2.41 bits per heavy atom. The monoisotopic (exact) mass is 532 g/mol. The Hall–Kier alpha value is -3.78. The lowest BCUT2D eigenvalue weighted by atomic mass is 10.1. The summed E-state index contributed by atoms with van der Waals surface area (Å²) in [5, 5.41) is 7.18. The van der Waals surface area contributed by atoms with Crippen LogP contribution in [0.4, 0.5) is 0 Å². The van der Waals surface area contributed by atoms with E-state index in [2.05, 4.69) is 15.3 Å². The molecule has 1 aliphatic rings. The maximum Gasteiger partial charge on any atom is 0.310 e. The van der Waals surface area contributed by atoms with E-state index < -0.39 is 0 Å². The van der Waals surface area contributed by atoms with Crippen LogP contribution in [0.3, 0.4) is 0 Å². The highest BCUT2D eigenvalue weighted by Gasteiger charge is 2.11. The second kappa shape index (κ2) is 15.6. The Balaban J connectivity index is 0.000000218. The summed E-state index contributed by atoms with van der Waals surface area (Å²) in [6.07, 6.45) is 3.93. The number of aryl methyl sites for hydroxylation is 2. The number of nitrogens with zero attached hydrogens (tertiary/aromatic N) is 3. The van der Waals surface area contributed by atoms with Crippen LogP contribution in [0, 0.1) is 13.8 Å². The van der Waals surface area contributed by atoms with E-state index in [9.17, 15) is 14.4 Å². The number of rotatable bonds is 10. The highest BCUT2D eigenvalue weighted by molar-refractivity contribution is 5.94. The molecule has 1 fully saturated rings. The molecule has 2 heterocycles. The predicted octanol–water partition coefficient (Wildman–Crippen LogP) is 3.92. The van der Waals surface area contributed by atoms with Gasteiger partial charge in [0, 0.05) is 18.2 Å². The largest absolute Gasteiger partial charge is 0.466 e. The molecule has 0 saturated carbocycles. The van der Waals surface area contributed by atoms with Crippen molar-refractivity contribution in [3.8, 4) is 0 Å². The second-order valence-corrected chi connectivity index (χ2v) is 9.80. The van der Waals surface area contributed by atoms with Crippen molar-refractivity contribution in [1.29, 1.82) is 0 Å². The molecule has 1 N–H and O–H groups in total. The van der Waals surface area contributed by atoms with Crippen molar-refractivity contribution in [2.75, 3.05) is 32.8 Å². The molecule has 1 aromatic heterocycles.